The number of halogens is 1. The topological polar surface area (TPSA) is 182 Å². The van der Waals surface area contributed by atoms with Crippen LogP contribution in [0, 0.1) is 23.6 Å². The minimum atomic E-state index is -4.04. The molecule has 1 aromatic carbocycles. The Balaban J connectivity index is 1.36. The third-order valence-corrected chi connectivity index (χ3v) is 13.9. The monoisotopic (exact) mass is 799 g/mol. The lowest BCUT2D eigenvalue weighted by molar-refractivity contribution is -0.142. The van der Waals surface area contributed by atoms with Gasteiger partial charge in [0.25, 0.3) is 5.91 Å². The van der Waals surface area contributed by atoms with Gasteiger partial charge in [-0.15, -0.1) is 0 Å². The largest absolute Gasteiger partial charge is 0.496 e. The van der Waals surface area contributed by atoms with Crippen LogP contribution < -0.4 is 24.8 Å². The first-order chi connectivity index (χ1) is 26.3. The number of aromatic nitrogens is 1. The first kappa shape index (κ1) is 41.2. The third kappa shape index (κ3) is 8.44. The van der Waals surface area contributed by atoms with Crippen LogP contribution in [-0.4, -0.2) is 89.8 Å². The molecule has 3 N–H and O–H groups in total. The van der Waals surface area contributed by atoms with E-state index in [0.29, 0.717) is 42.9 Å². The van der Waals surface area contributed by atoms with Gasteiger partial charge in [0, 0.05) is 30.0 Å². The van der Waals surface area contributed by atoms with Crippen LogP contribution in [-0.2, 0) is 29.1 Å². The van der Waals surface area contributed by atoms with Crippen molar-refractivity contribution >= 4 is 44.6 Å². The number of carbonyl (C=O) groups is 4. The molecule has 4 amide bonds. The summed E-state index contributed by atoms with van der Waals surface area (Å²) in [5, 5.41) is 6.51. The van der Waals surface area contributed by atoms with E-state index in [1.807, 2.05) is 19.1 Å². The molecular weight excluding hydrogens is 746 g/mol. The first-order valence-electron chi connectivity index (χ1n) is 19.5. The Labute approximate surface area is 327 Å². The Morgan fingerprint density at radius 1 is 1.12 bits per heavy atom. The van der Waals surface area contributed by atoms with E-state index in [9.17, 15) is 32.0 Å². The second-order valence-corrected chi connectivity index (χ2v) is 19.1. The number of rotatable bonds is 8. The average Bonchev–Trinajstić information content (AvgIpc) is 4.02. The minimum absolute atomic E-state index is 0.0541. The molecular formula is C40H54FN5O9S. The molecule has 16 heteroatoms. The summed E-state index contributed by atoms with van der Waals surface area (Å²) in [7, 11) is -2.62. The molecule has 6 rings (SSSR count). The average molecular weight is 800 g/mol. The maximum absolute atomic E-state index is 14.8. The SMILES string of the molecule is CCC1(S(=O)(=O)NC(=O)[C@@]23C[C@H]2/C=C\CC[C@H](C)C[C@@H](C)[C@H](NC(=O)OC(C)(C)C)C(=O)N2C[C@H](Oc4nccc5c(OC)cc(F)cc45)C[C@H]2C(=O)N3)CC1. The molecule has 14 nitrogen and oxygen atoms in total. The molecule has 2 aliphatic heterocycles. The van der Waals surface area contributed by atoms with E-state index in [0.717, 1.165) is 6.42 Å². The summed E-state index contributed by atoms with van der Waals surface area (Å²) in [6, 6.07) is 1.85. The van der Waals surface area contributed by atoms with Crippen molar-refractivity contribution < 1.29 is 46.2 Å². The highest BCUT2D eigenvalue weighted by molar-refractivity contribution is 7.91. The van der Waals surface area contributed by atoms with Crippen LogP contribution in [0.2, 0.25) is 0 Å². The Hall–Kier alpha value is -4.47. The summed E-state index contributed by atoms with van der Waals surface area (Å²) in [5.41, 5.74) is -2.42. The normalized spacial score (nSPS) is 29.8. The predicted octanol–water partition coefficient (Wildman–Crippen LogP) is 4.90. The summed E-state index contributed by atoms with van der Waals surface area (Å²) < 4.78 is 60.1. The third-order valence-electron chi connectivity index (χ3n) is 11.6. The van der Waals surface area contributed by atoms with Gasteiger partial charge in [-0.2, -0.15) is 0 Å². The first-order valence-corrected chi connectivity index (χ1v) is 20.9. The molecule has 0 bridgehead atoms. The standard InChI is InChI=1S/C40H54FN5O9S/c1-8-39(14-15-39)56(51,52)45-36(49)40-21-25(40)12-10-9-11-23(2)17-24(3)32(43-37(50)55-38(4,5)6)35(48)46-22-27(20-30(46)33(47)44-40)54-34-29-18-26(41)19-31(53-7)28(29)13-16-42-34/h10,12-13,16,18-19,23-25,27,30,32H,8-9,11,14-15,17,20-22H2,1-7H3,(H,43,50)(H,44,47)(H,45,49)/b12-10-/t23-,24+,25+,27+,30-,32-,40+/m0/s1. The summed E-state index contributed by atoms with van der Waals surface area (Å²) >= 11 is 0. The zero-order valence-corrected chi connectivity index (χ0v) is 34.0. The number of benzene rings is 1. The van der Waals surface area contributed by atoms with Gasteiger partial charge in [0.2, 0.25) is 27.7 Å². The van der Waals surface area contributed by atoms with E-state index in [-0.39, 0.29) is 42.9 Å². The van der Waals surface area contributed by atoms with Crippen molar-refractivity contribution in [3.63, 3.8) is 0 Å². The number of methoxy groups -OCH3 is 1. The lowest BCUT2D eigenvalue weighted by Gasteiger charge is -2.33. The van der Waals surface area contributed by atoms with Gasteiger partial charge in [0.1, 0.15) is 40.9 Å². The highest BCUT2D eigenvalue weighted by atomic mass is 32.2. The van der Waals surface area contributed by atoms with E-state index in [2.05, 4.69) is 27.3 Å². The molecule has 4 aliphatic rings. The van der Waals surface area contributed by atoms with Crippen molar-refractivity contribution in [2.75, 3.05) is 13.7 Å². The Kier molecular flexibility index (Phi) is 11.4. The van der Waals surface area contributed by atoms with Gasteiger partial charge in [-0.3, -0.25) is 19.1 Å². The number of alkyl carbamates (subject to hydrolysis) is 1. The van der Waals surface area contributed by atoms with Gasteiger partial charge in [0.05, 0.1) is 23.8 Å². The Morgan fingerprint density at radius 3 is 2.52 bits per heavy atom. The number of pyridine rings is 1. The number of hydrogen-bond donors (Lipinski definition) is 3. The van der Waals surface area contributed by atoms with Gasteiger partial charge in [-0.1, -0.05) is 32.9 Å². The van der Waals surface area contributed by atoms with Crippen LogP contribution in [0.25, 0.3) is 10.8 Å². The highest BCUT2D eigenvalue weighted by Gasteiger charge is 2.63. The van der Waals surface area contributed by atoms with E-state index in [4.69, 9.17) is 14.2 Å². The quantitative estimate of drug-likeness (QED) is 0.311. The van der Waals surface area contributed by atoms with Crippen LogP contribution in [0.15, 0.2) is 36.5 Å². The molecule has 3 heterocycles. The van der Waals surface area contributed by atoms with Crippen molar-refractivity contribution in [2.24, 2.45) is 17.8 Å². The molecule has 306 valence electrons. The van der Waals surface area contributed by atoms with Crippen LogP contribution in [0.4, 0.5) is 9.18 Å². The minimum Gasteiger partial charge on any atom is -0.496 e. The second kappa shape index (κ2) is 15.5. The number of hydrogen-bond acceptors (Lipinski definition) is 10. The van der Waals surface area contributed by atoms with E-state index in [1.165, 1.54) is 30.3 Å². The van der Waals surface area contributed by atoms with Gasteiger partial charge in [-0.05, 0) is 89.7 Å². The van der Waals surface area contributed by atoms with Crippen molar-refractivity contribution in [1.29, 1.82) is 0 Å². The predicted molar refractivity (Wildman–Crippen MR) is 206 cm³/mol. The van der Waals surface area contributed by atoms with Crippen LogP contribution in [0.3, 0.4) is 0 Å². The van der Waals surface area contributed by atoms with Crippen LogP contribution >= 0.6 is 0 Å². The fraction of sp³-hybridized carbons (Fsp3) is 0.625. The Morgan fingerprint density at radius 2 is 1.86 bits per heavy atom. The number of ether oxygens (including phenoxy) is 3. The second-order valence-electron chi connectivity index (χ2n) is 17.0. The fourth-order valence-corrected chi connectivity index (χ4v) is 9.80. The van der Waals surface area contributed by atoms with Crippen molar-refractivity contribution in [1.82, 2.24) is 25.2 Å². The molecule has 2 saturated carbocycles. The molecule has 2 aliphatic carbocycles. The number of fused-ring (bicyclic) bond motifs is 3. The molecule has 0 spiro atoms. The van der Waals surface area contributed by atoms with E-state index in [1.54, 1.807) is 33.8 Å². The van der Waals surface area contributed by atoms with Crippen LogP contribution in [0.5, 0.6) is 11.6 Å². The molecule has 56 heavy (non-hydrogen) atoms. The van der Waals surface area contributed by atoms with E-state index >= 15 is 0 Å². The number of allylic oxidation sites excluding steroid dienone is 1. The molecule has 1 aromatic heterocycles. The number of sulfonamides is 1. The van der Waals surface area contributed by atoms with Crippen molar-refractivity contribution in [2.45, 2.75) is 127 Å². The molecule has 0 radical (unpaired) electrons. The smallest absolute Gasteiger partial charge is 0.408 e. The molecule has 0 unspecified atom stereocenters. The van der Waals surface area contributed by atoms with Gasteiger partial charge in [-0.25, -0.2) is 22.6 Å². The number of carbonyl (C=O) groups excluding carboxylic acids is 4. The fourth-order valence-electron chi connectivity index (χ4n) is 8.13. The van der Waals surface area contributed by atoms with Gasteiger partial charge < -0.3 is 29.7 Å². The van der Waals surface area contributed by atoms with Gasteiger partial charge in [0.15, 0.2) is 0 Å². The summed E-state index contributed by atoms with van der Waals surface area (Å²) in [5.74, 6) is -3.06. The molecule has 2 aromatic rings. The van der Waals surface area contributed by atoms with Crippen LogP contribution in [0.1, 0.15) is 92.9 Å². The number of amides is 4. The zero-order chi connectivity index (χ0) is 40.8. The molecule has 1 saturated heterocycles. The van der Waals surface area contributed by atoms with Gasteiger partial charge >= 0.3 is 6.09 Å². The zero-order valence-electron chi connectivity index (χ0n) is 33.1. The lowest BCUT2D eigenvalue weighted by atomic mass is 9.88. The summed E-state index contributed by atoms with van der Waals surface area (Å²) in [6.07, 6.45) is 6.94. The molecule has 7 atom stereocenters. The Bertz CT molecular complexity index is 2020. The van der Waals surface area contributed by atoms with Crippen molar-refractivity contribution in [3.05, 3.63) is 42.4 Å². The maximum atomic E-state index is 14.8. The van der Waals surface area contributed by atoms with Crippen molar-refractivity contribution in [3.8, 4) is 11.6 Å². The van der Waals surface area contributed by atoms with E-state index < -0.39 is 79.6 Å². The summed E-state index contributed by atoms with van der Waals surface area (Å²) in [4.78, 5) is 62.2. The maximum Gasteiger partial charge on any atom is 0.408 e. The summed E-state index contributed by atoms with van der Waals surface area (Å²) in [6.45, 7) is 10.7. The highest BCUT2D eigenvalue weighted by Crippen LogP contribution is 2.49. The number of nitrogens with zero attached hydrogens (tertiary/aromatic N) is 2. The molecule has 3 fully saturated rings. The number of nitrogens with one attached hydrogen (secondary N) is 3. The lowest BCUT2D eigenvalue weighted by Crippen LogP contribution is -2.59.